The Kier molecular flexibility index (Phi) is 3.88. The number of benzene rings is 1. The van der Waals surface area contributed by atoms with E-state index in [0.717, 1.165) is 16.2 Å². The molecule has 0 bridgehead atoms. The summed E-state index contributed by atoms with van der Waals surface area (Å²) in [5.41, 5.74) is 1.05. The average molecular weight is 297 g/mol. The third-order valence-electron chi connectivity index (χ3n) is 3.20. The van der Waals surface area contributed by atoms with Crippen LogP contribution in [0.4, 0.5) is 0 Å². The molecule has 0 aliphatic carbocycles. The molecule has 21 heavy (non-hydrogen) atoms. The van der Waals surface area contributed by atoms with Crippen LogP contribution in [0.1, 0.15) is 32.8 Å². The van der Waals surface area contributed by atoms with Crippen LogP contribution in [0.3, 0.4) is 0 Å². The Balaban J connectivity index is 1.88. The number of aryl methyl sites for hydroxylation is 1. The fraction of sp³-hybridized carbons (Fsp3) is 0.118. The van der Waals surface area contributed by atoms with Crippen LogP contribution >= 0.6 is 11.3 Å². The van der Waals surface area contributed by atoms with Crippen molar-refractivity contribution in [2.45, 2.75) is 13.0 Å². The summed E-state index contributed by atoms with van der Waals surface area (Å²) in [6, 6.07) is 17.3. The van der Waals surface area contributed by atoms with E-state index in [1.165, 1.54) is 0 Å². The number of rotatable bonds is 4. The van der Waals surface area contributed by atoms with Gasteiger partial charge in [-0.05, 0) is 36.1 Å². The monoisotopic (exact) mass is 297 g/mol. The van der Waals surface area contributed by atoms with Gasteiger partial charge in [0.2, 0.25) is 0 Å². The van der Waals surface area contributed by atoms with Crippen molar-refractivity contribution in [2.75, 3.05) is 0 Å². The molecular formula is C17H15NO2S. The van der Waals surface area contributed by atoms with Crippen LogP contribution in [0.5, 0.6) is 0 Å². The summed E-state index contributed by atoms with van der Waals surface area (Å²) in [6.45, 7) is 1.82. The lowest BCUT2D eigenvalue weighted by Crippen LogP contribution is -2.28. The van der Waals surface area contributed by atoms with E-state index in [-0.39, 0.29) is 11.9 Å². The van der Waals surface area contributed by atoms with Gasteiger partial charge in [-0.3, -0.25) is 4.79 Å². The van der Waals surface area contributed by atoms with Crippen LogP contribution in [0.25, 0.3) is 0 Å². The summed E-state index contributed by atoms with van der Waals surface area (Å²) in [4.78, 5) is 13.4. The van der Waals surface area contributed by atoms with Crippen LogP contribution < -0.4 is 5.32 Å². The highest BCUT2D eigenvalue weighted by Crippen LogP contribution is 2.26. The predicted octanol–water partition coefficient (Wildman–Crippen LogP) is 4.17. The maximum absolute atomic E-state index is 12.3. The number of carbonyl (C=O) groups is 1. The normalized spacial score (nSPS) is 12.0. The first-order valence-electron chi connectivity index (χ1n) is 6.69. The molecule has 0 spiro atoms. The quantitative estimate of drug-likeness (QED) is 0.785. The van der Waals surface area contributed by atoms with Gasteiger partial charge in [-0.25, -0.2) is 0 Å². The standard InChI is InChI=1S/C17H15NO2S/c1-12-9-10-14(20-12)17(19)18-16(15-8-5-11-21-15)13-6-3-2-4-7-13/h2-11,16H,1H3,(H,18,19)/t16-/m1/s1. The Morgan fingerprint density at radius 3 is 2.52 bits per heavy atom. The van der Waals surface area contributed by atoms with Crippen LogP contribution in [0.15, 0.2) is 64.4 Å². The highest BCUT2D eigenvalue weighted by molar-refractivity contribution is 7.10. The fourth-order valence-corrected chi connectivity index (χ4v) is 2.98. The van der Waals surface area contributed by atoms with Crippen LogP contribution in [-0.2, 0) is 0 Å². The molecular weight excluding hydrogens is 282 g/mol. The van der Waals surface area contributed by atoms with E-state index in [2.05, 4.69) is 5.32 Å². The van der Waals surface area contributed by atoms with Gasteiger partial charge in [0, 0.05) is 4.88 Å². The molecule has 0 saturated heterocycles. The number of amides is 1. The predicted molar refractivity (Wildman–Crippen MR) is 83.5 cm³/mol. The molecule has 1 aromatic carbocycles. The highest BCUT2D eigenvalue weighted by atomic mass is 32.1. The zero-order chi connectivity index (χ0) is 14.7. The molecule has 106 valence electrons. The summed E-state index contributed by atoms with van der Waals surface area (Å²) in [6.07, 6.45) is 0. The van der Waals surface area contributed by atoms with Gasteiger partial charge in [0.05, 0.1) is 6.04 Å². The molecule has 0 fully saturated rings. The molecule has 0 aliphatic rings. The van der Waals surface area contributed by atoms with E-state index >= 15 is 0 Å². The third kappa shape index (κ3) is 3.06. The van der Waals surface area contributed by atoms with Gasteiger partial charge in [0.1, 0.15) is 5.76 Å². The first kappa shape index (κ1) is 13.6. The summed E-state index contributed by atoms with van der Waals surface area (Å²) in [7, 11) is 0. The minimum atomic E-state index is -0.203. The molecule has 2 aromatic heterocycles. The van der Waals surface area contributed by atoms with Crippen molar-refractivity contribution >= 4 is 17.2 Å². The van der Waals surface area contributed by atoms with Gasteiger partial charge in [-0.15, -0.1) is 11.3 Å². The van der Waals surface area contributed by atoms with Gasteiger partial charge >= 0.3 is 0 Å². The third-order valence-corrected chi connectivity index (χ3v) is 4.14. The summed E-state index contributed by atoms with van der Waals surface area (Å²) < 4.78 is 5.39. The number of hydrogen-bond donors (Lipinski definition) is 1. The summed E-state index contributed by atoms with van der Waals surface area (Å²) in [5, 5.41) is 5.05. The molecule has 0 saturated carbocycles. The van der Waals surface area contributed by atoms with Gasteiger partial charge < -0.3 is 9.73 Å². The minimum Gasteiger partial charge on any atom is -0.456 e. The van der Waals surface area contributed by atoms with Crippen LogP contribution in [-0.4, -0.2) is 5.91 Å². The van der Waals surface area contributed by atoms with Gasteiger partial charge in [-0.1, -0.05) is 36.4 Å². The number of carbonyl (C=O) groups excluding carboxylic acids is 1. The lowest BCUT2D eigenvalue weighted by atomic mass is 10.1. The first-order chi connectivity index (χ1) is 10.2. The van der Waals surface area contributed by atoms with E-state index in [0.29, 0.717) is 5.76 Å². The number of thiophene rings is 1. The van der Waals surface area contributed by atoms with Crippen molar-refractivity contribution in [3.05, 3.63) is 81.9 Å². The molecule has 0 radical (unpaired) electrons. The van der Waals surface area contributed by atoms with E-state index < -0.39 is 0 Å². The van der Waals surface area contributed by atoms with Crippen molar-refractivity contribution in [3.8, 4) is 0 Å². The molecule has 2 heterocycles. The fourth-order valence-electron chi connectivity index (χ4n) is 2.18. The Morgan fingerprint density at radius 2 is 1.90 bits per heavy atom. The Morgan fingerprint density at radius 1 is 1.10 bits per heavy atom. The van der Waals surface area contributed by atoms with Crippen molar-refractivity contribution in [3.63, 3.8) is 0 Å². The maximum atomic E-state index is 12.3. The number of nitrogens with one attached hydrogen (secondary N) is 1. The van der Waals surface area contributed by atoms with Gasteiger partial charge in [-0.2, -0.15) is 0 Å². The van der Waals surface area contributed by atoms with Crippen molar-refractivity contribution in [1.82, 2.24) is 5.32 Å². The zero-order valence-corrected chi connectivity index (χ0v) is 12.4. The maximum Gasteiger partial charge on any atom is 0.287 e. The zero-order valence-electron chi connectivity index (χ0n) is 11.6. The smallest absolute Gasteiger partial charge is 0.287 e. The molecule has 1 N–H and O–H groups in total. The van der Waals surface area contributed by atoms with E-state index in [9.17, 15) is 4.79 Å². The first-order valence-corrected chi connectivity index (χ1v) is 7.57. The van der Waals surface area contributed by atoms with Gasteiger partial charge in [0.25, 0.3) is 5.91 Å². The van der Waals surface area contributed by atoms with Crippen molar-refractivity contribution < 1.29 is 9.21 Å². The second kappa shape index (κ2) is 5.97. The molecule has 1 amide bonds. The molecule has 3 aromatic rings. The van der Waals surface area contributed by atoms with Crippen molar-refractivity contribution in [1.29, 1.82) is 0 Å². The Hall–Kier alpha value is -2.33. The second-order valence-electron chi connectivity index (χ2n) is 4.74. The molecule has 3 nitrogen and oxygen atoms in total. The second-order valence-corrected chi connectivity index (χ2v) is 5.72. The topological polar surface area (TPSA) is 42.2 Å². The SMILES string of the molecule is Cc1ccc(C(=O)N[C@H](c2ccccc2)c2cccs2)o1. The Labute approximate surface area is 127 Å². The van der Waals surface area contributed by atoms with Crippen LogP contribution in [0.2, 0.25) is 0 Å². The van der Waals surface area contributed by atoms with Crippen molar-refractivity contribution in [2.24, 2.45) is 0 Å². The lowest BCUT2D eigenvalue weighted by molar-refractivity contribution is 0.0914. The molecule has 3 rings (SSSR count). The van der Waals surface area contributed by atoms with Crippen LogP contribution in [0, 0.1) is 6.92 Å². The molecule has 0 unspecified atom stereocenters. The highest BCUT2D eigenvalue weighted by Gasteiger charge is 2.20. The van der Waals surface area contributed by atoms with E-state index in [1.54, 1.807) is 23.5 Å². The molecule has 1 atom stereocenters. The molecule has 0 aliphatic heterocycles. The summed E-state index contributed by atoms with van der Waals surface area (Å²) in [5.74, 6) is 0.864. The Bertz CT molecular complexity index is 716. The van der Waals surface area contributed by atoms with E-state index in [1.807, 2.05) is 54.8 Å². The average Bonchev–Trinajstić information content (AvgIpc) is 3.17. The molecule has 4 heteroatoms. The number of furan rings is 1. The minimum absolute atomic E-state index is 0.163. The largest absolute Gasteiger partial charge is 0.456 e. The summed E-state index contributed by atoms with van der Waals surface area (Å²) >= 11 is 1.62. The number of hydrogen-bond acceptors (Lipinski definition) is 3. The lowest BCUT2D eigenvalue weighted by Gasteiger charge is -2.17. The van der Waals surface area contributed by atoms with Gasteiger partial charge in [0.15, 0.2) is 5.76 Å². The van der Waals surface area contributed by atoms with E-state index in [4.69, 9.17) is 4.42 Å².